The topological polar surface area (TPSA) is 21.3 Å². The second-order valence-corrected chi connectivity index (χ2v) is 6.31. The summed E-state index contributed by atoms with van der Waals surface area (Å²) in [6.45, 7) is 2.16. The number of halogens is 1. The van der Waals surface area contributed by atoms with Crippen LogP contribution in [0.2, 0.25) is 5.02 Å². The maximum absolute atomic E-state index is 6.07. The van der Waals surface area contributed by atoms with E-state index in [0.29, 0.717) is 6.04 Å². The standard InChI is InChI=1S/C17H20ClNOS/c1-12(19-2)13-5-4-6-16(10-13)21-11-14-9-15(18)7-8-17(14)20-3/h4-10,12,19H,11H2,1-3H3. The molecule has 0 aliphatic carbocycles. The molecule has 2 aromatic carbocycles. The lowest BCUT2D eigenvalue weighted by atomic mass is 10.1. The third kappa shape index (κ3) is 4.40. The molecule has 0 saturated carbocycles. The van der Waals surface area contributed by atoms with Crippen LogP contribution < -0.4 is 10.1 Å². The molecule has 2 rings (SSSR count). The molecule has 0 aliphatic heterocycles. The van der Waals surface area contributed by atoms with Gasteiger partial charge < -0.3 is 10.1 Å². The maximum atomic E-state index is 6.07. The van der Waals surface area contributed by atoms with Crippen LogP contribution in [0.15, 0.2) is 47.4 Å². The summed E-state index contributed by atoms with van der Waals surface area (Å²) in [5.74, 6) is 1.72. The van der Waals surface area contributed by atoms with Crippen LogP contribution in [0.25, 0.3) is 0 Å². The van der Waals surface area contributed by atoms with Crippen molar-refractivity contribution in [1.29, 1.82) is 0 Å². The third-order valence-electron chi connectivity index (χ3n) is 3.43. The van der Waals surface area contributed by atoms with Crippen LogP contribution in [0.3, 0.4) is 0 Å². The van der Waals surface area contributed by atoms with E-state index in [9.17, 15) is 0 Å². The lowest BCUT2D eigenvalue weighted by Crippen LogP contribution is -2.11. The molecule has 0 aromatic heterocycles. The Balaban J connectivity index is 2.11. The van der Waals surface area contributed by atoms with Crippen molar-refractivity contribution in [1.82, 2.24) is 5.32 Å². The molecule has 0 heterocycles. The monoisotopic (exact) mass is 321 g/mol. The van der Waals surface area contributed by atoms with Crippen LogP contribution in [0.5, 0.6) is 5.75 Å². The first-order valence-corrected chi connectivity index (χ1v) is 8.23. The van der Waals surface area contributed by atoms with E-state index in [0.717, 1.165) is 22.1 Å². The molecule has 2 nitrogen and oxygen atoms in total. The minimum Gasteiger partial charge on any atom is -0.496 e. The minimum atomic E-state index is 0.353. The highest BCUT2D eigenvalue weighted by atomic mass is 35.5. The highest BCUT2D eigenvalue weighted by Gasteiger charge is 2.07. The van der Waals surface area contributed by atoms with Gasteiger partial charge in [-0.3, -0.25) is 0 Å². The molecule has 112 valence electrons. The van der Waals surface area contributed by atoms with Crippen LogP contribution in [-0.4, -0.2) is 14.2 Å². The van der Waals surface area contributed by atoms with Crippen LogP contribution in [0, 0.1) is 0 Å². The van der Waals surface area contributed by atoms with Gasteiger partial charge in [-0.15, -0.1) is 11.8 Å². The lowest BCUT2D eigenvalue weighted by molar-refractivity contribution is 0.411. The van der Waals surface area contributed by atoms with E-state index in [-0.39, 0.29) is 0 Å². The molecule has 0 bridgehead atoms. The molecular weight excluding hydrogens is 302 g/mol. The largest absolute Gasteiger partial charge is 0.496 e. The molecule has 2 aromatic rings. The van der Waals surface area contributed by atoms with E-state index in [1.54, 1.807) is 18.9 Å². The first-order chi connectivity index (χ1) is 10.1. The van der Waals surface area contributed by atoms with Crippen LogP contribution in [0.1, 0.15) is 24.1 Å². The first-order valence-electron chi connectivity index (χ1n) is 6.86. The van der Waals surface area contributed by atoms with E-state index in [1.807, 2.05) is 25.2 Å². The number of benzene rings is 2. The molecule has 1 atom stereocenters. The van der Waals surface area contributed by atoms with Gasteiger partial charge in [0.05, 0.1) is 7.11 Å². The second-order valence-electron chi connectivity index (χ2n) is 4.83. The molecule has 0 spiro atoms. The zero-order valence-electron chi connectivity index (χ0n) is 12.5. The van der Waals surface area contributed by atoms with E-state index < -0.39 is 0 Å². The Hall–Kier alpha value is -1.16. The van der Waals surface area contributed by atoms with Crippen LogP contribution in [0.4, 0.5) is 0 Å². The molecule has 21 heavy (non-hydrogen) atoms. The normalized spacial score (nSPS) is 12.2. The fourth-order valence-electron chi connectivity index (χ4n) is 2.06. The van der Waals surface area contributed by atoms with Crippen molar-refractivity contribution in [3.8, 4) is 5.75 Å². The average Bonchev–Trinajstić information content (AvgIpc) is 2.52. The van der Waals surface area contributed by atoms with Crippen LogP contribution >= 0.6 is 23.4 Å². The zero-order valence-corrected chi connectivity index (χ0v) is 14.1. The summed E-state index contributed by atoms with van der Waals surface area (Å²) in [7, 11) is 3.66. The van der Waals surface area contributed by atoms with Gasteiger partial charge in [0.15, 0.2) is 0 Å². The van der Waals surface area contributed by atoms with E-state index in [1.165, 1.54) is 10.5 Å². The maximum Gasteiger partial charge on any atom is 0.123 e. The van der Waals surface area contributed by atoms with Crippen LogP contribution in [-0.2, 0) is 5.75 Å². The molecular formula is C17H20ClNOS. The van der Waals surface area contributed by atoms with Gasteiger partial charge in [-0.1, -0.05) is 23.7 Å². The van der Waals surface area contributed by atoms with Gasteiger partial charge in [-0.05, 0) is 49.9 Å². The Morgan fingerprint density at radius 1 is 1.24 bits per heavy atom. The molecule has 1 N–H and O–H groups in total. The number of hydrogen-bond acceptors (Lipinski definition) is 3. The minimum absolute atomic E-state index is 0.353. The van der Waals surface area contributed by atoms with Gasteiger partial charge in [0.25, 0.3) is 0 Å². The Kier molecular flexibility index (Phi) is 5.97. The summed E-state index contributed by atoms with van der Waals surface area (Å²) in [5.41, 5.74) is 2.41. The van der Waals surface area contributed by atoms with Crippen molar-refractivity contribution < 1.29 is 4.74 Å². The van der Waals surface area contributed by atoms with Gasteiger partial charge in [-0.2, -0.15) is 0 Å². The second kappa shape index (κ2) is 7.74. The smallest absolute Gasteiger partial charge is 0.123 e. The van der Waals surface area contributed by atoms with E-state index >= 15 is 0 Å². The number of hydrogen-bond donors (Lipinski definition) is 1. The molecule has 0 radical (unpaired) electrons. The van der Waals surface area contributed by atoms with E-state index in [4.69, 9.17) is 16.3 Å². The lowest BCUT2D eigenvalue weighted by Gasteiger charge is -2.12. The summed E-state index contributed by atoms with van der Waals surface area (Å²) in [6.07, 6.45) is 0. The predicted octanol–water partition coefficient (Wildman–Crippen LogP) is 4.92. The Morgan fingerprint density at radius 2 is 2.05 bits per heavy atom. The van der Waals surface area contributed by atoms with Crippen molar-refractivity contribution in [2.24, 2.45) is 0 Å². The molecule has 0 aliphatic rings. The Morgan fingerprint density at radius 3 is 2.76 bits per heavy atom. The molecule has 0 saturated heterocycles. The zero-order chi connectivity index (χ0) is 15.2. The average molecular weight is 322 g/mol. The quantitative estimate of drug-likeness (QED) is 0.763. The van der Waals surface area contributed by atoms with Gasteiger partial charge in [-0.25, -0.2) is 0 Å². The first kappa shape index (κ1) is 16.2. The van der Waals surface area contributed by atoms with Crippen molar-refractivity contribution >= 4 is 23.4 Å². The molecule has 0 fully saturated rings. The predicted molar refractivity (Wildman–Crippen MR) is 91.5 cm³/mol. The highest BCUT2D eigenvalue weighted by molar-refractivity contribution is 7.98. The third-order valence-corrected chi connectivity index (χ3v) is 4.71. The van der Waals surface area contributed by atoms with Gasteiger partial charge in [0, 0.05) is 27.3 Å². The summed E-state index contributed by atoms with van der Waals surface area (Å²) >= 11 is 7.86. The van der Waals surface area contributed by atoms with Gasteiger partial charge in [0.2, 0.25) is 0 Å². The fraction of sp³-hybridized carbons (Fsp3) is 0.294. The SMILES string of the molecule is CNC(C)c1cccc(SCc2cc(Cl)ccc2OC)c1. The number of methoxy groups -OCH3 is 1. The van der Waals surface area contributed by atoms with Crippen molar-refractivity contribution in [2.45, 2.75) is 23.6 Å². The number of nitrogens with one attached hydrogen (secondary N) is 1. The summed E-state index contributed by atoms with van der Waals surface area (Å²) in [6, 6.07) is 14.7. The van der Waals surface area contributed by atoms with Crippen molar-refractivity contribution in [3.05, 3.63) is 58.6 Å². The van der Waals surface area contributed by atoms with Gasteiger partial charge >= 0.3 is 0 Å². The Labute approximate surface area is 135 Å². The number of thioether (sulfide) groups is 1. The summed E-state index contributed by atoms with van der Waals surface area (Å²) in [4.78, 5) is 1.25. The highest BCUT2D eigenvalue weighted by Crippen LogP contribution is 2.31. The Bertz CT molecular complexity index is 603. The van der Waals surface area contributed by atoms with Crippen molar-refractivity contribution in [2.75, 3.05) is 14.2 Å². The number of rotatable bonds is 6. The molecule has 1 unspecified atom stereocenters. The number of ether oxygens (including phenoxy) is 1. The van der Waals surface area contributed by atoms with Crippen molar-refractivity contribution in [3.63, 3.8) is 0 Å². The summed E-state index contributed by atoms with van der Waals surface area (Å²) in [5, 5.41) is 4.00. The van der Waals surface area contributed by atoms with E-state index in [2.05, 4.69) is 36.5 Å². The summed E-state index contributed by atoms with van der Waals surface area (Å²) < 4.78 is 5.39. The van der Waals surface area contributed by atoms with Gasteiger partial charge in [0.1, 0.15) is 5.75 Å². The fourth-order valence-corrected chi connectivity index (χ4v) is 3.20. The molecule has 4 heteroatoms. The molecule has 0 amide bonds.